The molecule has 0 unspecified atom stereocenters. The monoisotopic (exact) mass is 348 g/mol. The first-order valence-corrected chi connectivity index (χ1v) is 9.39. The van der Waals surface area contributed by atoms with Crippen LogP contribution in [0.15, 0.2) is 54.6 Å². The van der Waals surface area contributed by atoms with E-state index in [2.05, 4.69) is 67.1 Å². The molecule has 136 valence electrons. The van der Waals surface area contributed by atoms with Crippen molar-refractivity contribution in [2.45, 2.75) is 19.8 Å². The van der Waals surface area contributed by atoms with Crippen molar-refractivity contribution in [3.8, 4) is 0 Å². The lowest BCUT2D eigenvalue weighted by molar-refractivity contribution is 0.104. The third-order valence-corrected chi connectivity index (χ3v) is 5.05. The van der Waals surface area contributed by atoms with E-state index in [4.69, 9.17) is 0 Å². The van der Waals surface area contributed by atoms with Gasteiger partial charge in [-0.15, -0.1) is 0 Å². The zero-order valence-corrected chi connectivity index (χ0v) is 16.0. The molecule has 0 saturated carbocycles. The molecular formula is C23H28N2O. The van der Waals surface area contributed by atoms with Gasteiger partial charge in [-0.3, -0.25) is 4.79 Å². The van der Waals surface area contributed by atoms with Crippen LogP contribution in [0.1, 0.15) is 41.3 Å². The molecule has 3 heteroatoms. The Bertz CT molecular complexity index is 752. The summed E-state index contributed by atoms with van der Waals surface area (Å²) in [5, 5.41) is 0. The lowest BCUT2D eigenvalue weighted by atomic mass is 10.0. The van der Waals surface area contributed by atoms with Crippen molar-refractivity contribution in [1.29, 1.82) is 0 Å². The molecule has 3 rings (SSSR count). The minimum absolute atomic E-state index is 0.0443. The number of piperazine rings is 1. The van der Waals surface area contributed by atoms with Crippen LogP contribution in [0.2, 0.25) is 0 Å². The summed E-state index contributed by atoms with van der Waals surface area (Å²) in [5.41, 5.74) is 4.30. The first-order chi connectivity index (χ1) is 12.5. The van der Waals surface area contributed by atoms with Crippen LogP contribution in [0, 0.1) is 0 Å². The zero-order chi connectivity index (χ0) is 18.5. The largest absolute Gasteiger partial charge is 0.369 e. The number of ketones is 1. The molecule has 0 aromatic heterocycles. The van der Waals surface area contributed by atoms with Gasteiger partial charge in [0.05, 0.1) is 0 Å². The lowest BCUT2D eigenvalue weighted by Gasteiger charge is -2.34. The summed E-state index contributed by atoms with van der Waals surface area (Å²) in [6.45, 7) is 8.60. The van der Waals surface area contributed by atoms with Crippen LogP contribution in [0.25, 0.3) is 6.08 Å². The Kier molecular flexibility index (Phi) is 5.89. The SMILES string of the molecule is CC(C)c1ccc(/C=C/C(=O)c2ccc(N3CCN(C)CC3)cc2)cc1. The molecule has 1 fully saturated rings. The molecule has 0 aliphatic carbocycles. The third kappa shape index (κ3) is 4.61. The highest BCUT2D eigenvalue weighted by Gasteiger charge is 2.14. The van der Waals surface area contributed by atoms with E-state index in [-0.39, 0.29) is 5.78 Å². The molecule has 0 N–H and O–H groups in total. The molecular weight excluding hydrogens is 320 g/mol. The summed E-state index contributed by atoms with van der Waals surface area (Å²) in [7, 11) is 2.15. The van der Waals surface area contributed by atoms with Gasteiger partial charge in [-0.2, -0.15) is 0 Å². The van der Waals surface area contributed by atoms with Gasteiger partial charge in [-0.05, 0) is 54.4 Å². The number of hydrogen-bond donors (Lipinski definition) is 0. The van der Waals surface area contributed by atoms with E-state index in [9.17, 15) is 4.79 Å². The smallest absolute Gasteiger partial charge is 0.185 e. The van der Waals surface area contributed by atoms with Gasteiger partial charge in [0, 0.05) is 37.4 Å². The van der Waals surface area contributed by atoms with E-state index < -0.39 is 0 Å². The Morgan fingerprint density at radius 1 is 0.923 bits per heavy atom. The first-order valence-electron chi connectivity index (χ1n) is 9.39. The predicted octanol–water partition coefficient (Wildman–Crippen LogP) is 4.46. The van der Waals surface area contributed by atoms with Crippen LogP contribution in [0.5, 0.6) is 0 Å². The maximum atomic E-state index is 12.4. The maximum absolute atomic E-state index is 12.4. The normalized spacial score (nSPS) is 15.8. The van der Waals surface area contributed by atoms with Crippen LogP contribution >= 0.6 is 0 Å². The fourth-order valence-electron chi connectivity index (χ4n) is 3.16. The molecule has 0 spiro atoms. The number of hydrogen-bond acceptors (Lipinski definition) is 3. The number of nitrogens with zero attached hydrogens (tertiary/aromatic N) is 2. The second kappa shape index (κ2) is 8.33. The number of anilines is 1. The van der Waals surface area contributed by atoms with E-state index in [1.54, 1.807) is 6.08 Å². The molecule has 0 atom stereocenters. The van der Waals surface area contributed by atoms with Crippen LogP contribution in [-0.2, 0) is 0 Å². The number of rotatable bonds is 5. The Hall–Kier alpha value is -2.39. The third-order valence-electron chi connectivity index (χ3n) is 5.05. The molecule has 2 aromatic carbocycles. The van der Waals surface area contributed by atoms with Crippen molar-refractivity contribution in [3.05, 3.63) is 71.3 Å². The summed E-state index contributed by atoms with van der Waals surface area (Å²) in [6, 6.07) is 16.4. The molecule has 3 nitrogen and oxygen atoms in total. The molecule has 2 aromatic rings. The Balaban J connectivity index is 1.62. The number of benzene rings is 2. The highest BCUT2D eigenvalue weighted by Crippen LogP contribution is 2.18. The topological polar surface area (TPSA) is 23.6 Å². The number of likely N-dealkylation sites (N-methyl/N-ethyl adjacent to an activating group) is 1. The van der Waals surface area contributed by atoms with Crippen LogP contribution in [-0.4, -0.2) is 43.9 Å². The van der Waals surface area contributed by atoms with Gasteiger partial charge in [-0.1, -0.05) is 44.2 Å². The summed E-state index contributed by atoms with van der Waals surface area (Å²) >= 11 is 0. The van der Waals surface area contributed by atoms with Crippen LogP contribution in [0.4, 0.5) is 5.69 Å². The lowest BCUT2D eigenvalue weighted by Crippen LogP contribution is -2.44. The summed E-state index contributed by atoms with van der Waals surface area (Å²) in [4.78, 5) is 17.1. The molecule has 0 radical (unpaired) electrons. The van der Waals surface area contributed by atoms with E-state index in [1.807, 2.05) is 18.2 Å². The molecule has 1 saturated heterocycles. The summed E-state index contributed by atoms with van der Waals surface area (Å²) < 4.78 is 0. The quantitative estimate of drug-likeness (QED) is 0.589. The van der Waals surface area contributed by atoms with Gasteiger partial charge >= 0.3 is 0 Å². The van der Waals surface area contributed by atoms with E-state index in [1.165, 1.54) is 11.3 Å². The Morgan fingerprint density at radius 3 is 2.12 bits per heavy atom. The second-order valence-corrected chi connectivity index (χ2v) is 7.36. The maximum Gasteiger partial charge on any atom is 0.185 e. The molecule has 1 aliphatic heterocycles. The van der Waals surface area contributed by atoms with Gasteiger partial charge in [-0.25, -0.2) is 0 Å². The number of carbonyl (C=O) groups is 1. The highest BCUT2D eigenvalue weighted by atomic mass is 16.1. The molecule has 1 aliphatic rings. The molecule has 0 bridgehead atoms. The fourth-order valence-corrected chi connectivity index (χ4v) is 3.16. The van der Waals surface area contributed by atoms with Crippen molar-refractivity contribution in [2.75, 3.05) is 38.1 Å². The van der Waals surface area contributed by atoms with Crippen molar-refractivity contribution >= 4 is 17.5 Å². The summed E-state index contributed by atoms with van der Waals surface area (Å²) in [6.07, 6.45) is 3.55. The Morgan fingerprint density at radius 2 is 1.54 bits per heavy atom. The van der Waals surface area contributed by atoms with Crippen molar-refractivity contribution < 1.29 is 4.79 Å². The predicted molar refractivity (Wildman–Crippen MR) is 110 cm³/mol. The summed E-state index contributed by atoms with van der Waals surface area (Å²) in [5.74, 6) is 0.566. The van der Waals surface area contributed by atoms with Gasteiger partial charge in [0.15, 0.2) is 5.78 Å². The van der Waals surface area contributed by atoms with Crippen LogP contribution < -0.4 is 4.90 Å². The van der Waals surface area contributed by atoms with E-state index >= 15 is 0 Å². The minimum atomic E-state index is 0.0443. The minimum Gasteiger partial charge on any atom is -0.369 e. The van der Waals surface area contributed by atoms with Crippen molar-refractivity contribution in [3.63, 3.8) is 0 Å². The van der Waals surface area contributed by atoms with Gasteiger partial charge in [0.25, 0.3) is 0 Å². The van der Waals surface area contributed by atoms with E-state index in [0.29, 0.717) is 5.92 Å². The first kappa shape index (κ1) is 18.4. The fraction of sp³-hybridized carbons (Fsp3) is 0.348. The number of allylic oxidation sites excluding steroid dienone is 1. The van der Waals surface area contributed by atoms with E-state index in [0.717, 1.165) is 37.3 Å². The molecule has 26 heavy (non-hydrogen) atoms. The average molecular weight is 348 g/mol. The standard InChI is InChI=1S/C23H28N2O/c1-18(2)20-7-4-19(5-8-20)6-13-23(26)21-9-11-22(12-10-21)25-16-14-24(3)15-17-25/h4-13,18H,14-17H2,1-3H3/b13-6+. The van der Waals surface area contributed by atoms with Crippen molar-refractivity contribution in [1.82, 2.24) is 4.90 Å². The zero-order valence-electron chi connectivity index (χ0n) is 16.0. The van der Waals surface area contributed by atoms with Gasteiger partial charge in [0.2, 0.25) is 0 Å². The van der Waals surface area contributed by atoms with Crippen molar-refractivity contribution in [2.24, 2.45) is 0 Å². The van der Waals surface area contributed by atoms with Gasteiger partial charge < -0.3 is 9.80 Å². The molecule has 1 heterocycles. The molecule has 0 amide bonds. The second-order valence-electron chi connectivity index (χ2n) is 7.36. The average Bonchev–Trinajstić information content (AvgIpc) is 2.67. The van der Waals surface area contributed by atoms with Crippen LogP contribution in [0.3, 0.4) is 0 Å². The number of carbonyl (C=O) groups excluding carboxylic acids is 1. The van der Waals surface area contributed by atoms with Gasteiger partial charge in [0.1, 0.15) is 0 Å². The highest BCUT2D eigenvalue weighted by molar-refractivity contribution is 6.06. The Labute approximate surface area is 156 Å².